The second kappa shape index (κ2) is 3.97. The summed E-state index contributed by atoms with van der Waals surface area (Å²) in [6.45, 7) is 7.30. The van der Waals surface area contributed by atoms with E-state index in [1.165, 1.54) is 12.8 Å². The summed E-state index contributed by atoms with van der Waals surface area (Å²) in [6, 6.07) is 0.800. The third-order valence-electron chi connectivity index (χ3n) is 2.69. The molecule has 0 aromatic heterocycles. The molecular formula is C11H23NO. The van der Waals surface area contributed by atoms with Crippen LogP contribution in [-0.2, 0) is 4.74 Å². The van der Waals surface area contributed by atoms with Crippen LogP contribution in [-0.4, -0.2) is 37.2 Å². The molecule has 0 aromatic rings. The molecule has 1 rings (SSSR count). The summed E-state index contributed by atoms with van der Waals surface area (Å²) in [7, 11) is 4.32. The molecule has 2 heteroatoms. The molecule has 1 aliphatic carbocycles. The Morgan fingerprint density at radius 3 is 2.15 bits per heavy atom. The minimum absolute atomic E-state index is 0.0310. The molecule has 0 radical (unpaired) electrons. The number of nitrogens with zero attached hydrogens (tertiary/aromatic N) is 1. The van der Waals surface area contributed by atoms with E-state index in [0.717, 1.165) is 18.6 Å². The summed E-state index contributed by atoms with van der Waals surface area (Å²) in [6.07, 6.45) is 2.62. The zero-order valence-electron chi connectivity index (χ0n) is 9.63. The van der Waals surface area contributed by atoms with E-state index in [1.54, 1.807) is 0 Å². The van der Waals surface area contributed by atoms with E-state index in [9.17, 15) is 0 Å². The topological polar surface area (TPSA) is 12.5 Å². The van der Waals surface area contributed by atoms with Gasteiger partial charge in [-0.15, -0.1) is 0 Å². The fraction of sp³-hybridized carbons (Fsp3) is 1.00. The van der Waals surface area contributed by atoms with Gasteiger partial charge in [-0.25, -0.2) is 0 Å². The molecular weight excluding hydrogens is 162 g/mol. The summed E-state index contributed by atoms with van der Waals surface area (Å²) in [5.41, 5.74) is 0.0310. The molecule has 0 aliphatic heterocycles. The molecule has 0 N–H and O–H groups in total. The Balaban J connectivity index is 2.09. The molecule has 0 amide bonds. The lowest BCUT2D eigenvalue weighted by atomic mass is 9.80. The molecule has 0 saturated heterocycles. The van der Waals surface area contributed by atoms with Gasteiger partial charge in [-0.1, -0.05) is 0 Å². The zero-order valence-corrected chi connectivity index (χ0v) is 9.63. The van der Waals surface area contributed by atoms with Gasteiger partial charge in [0.25, 0.3) is 0 Å². The van der Waals surface area contributed by atoms with Gasteiger partial charge in [-0.05, 0) is 53.6 Å². The minimum Gasteiger partial charge on any atom is -0.376 e. The normalized spacial score (nSPS) is 29.1. The Morgan fingerprint density at radius 1 is 1.23 bits per heavy atom. The zero-order chi connectivity index (χ0) is 10.1. The molecule has 0 unspecified atom stereocenters. The maximum absolute atomic E-state index is 5.74. The third kappa shape index (κ3) is 3.65. The Labute approximate surface area is 82.3 Å². The third-order valence-corrected chi connectivity index (χ3v) is 2.69. The van der Waals surface area contributed by atoms with E-state index in [0.29, 0.717) is 0 Å². The van der Waals surface area contributed by atoms with Crippen LogP contribution in [0.25, 0.3) is 0 Å². The van der Waals surface area contributed by atoms with Crippen LogP contribution < -0.4 is 0 Å². The molecule has 1 fully saturated rings. The van der Waals surface area contributed by atoms with Gasteiger partial charge in [0.1, 0.15) is 0 Å². The Morgan fingerprint density at radius 2 is 1.77 bits per heavy atom. The van der Waals surface area contributed by atoms with Crippen molar-refractivity contribution in [1.82, 2.24) is 4.90 Å². The van der Waals surface area contributed by atoms with Crippen LogP contribution in [0.2, 0.25) is 0 Å². The van der Waals surface area contributed by atoms with Crippen LogP contribution in [0.5, 0.6) is 0 Å². The Bertz CT molecular complexity index is 154. The first-order valence-electron chi connectivity index (χ1n) is 5.19. The summed E-state index contributed by atoms with van der Waals surface area (Å²) >= 11 is 0. The Kier molecular flexibility index (Phi) is 3.36. The highest BCUT2D eigenvalue weighted by atomic mass is 16.5. The molecule has 78 valence electrons. The van der Waals surface area contributed by atoms with Gasteiger partial charge in [-0.2, -0.15) is 0 Å². The van der Waals surface area contributed by atoms with E-state index in [1.807, 2.05) is 0 Å². The number of hydrogen-bond acceptors (Lipinski definition) is 2. The van der Waals surface area contributed by atoms with Crippen molar-refractivity contribution in [3.05, 3.63) is 0 Å². The van der Waals surface area contributed by atoms with Crippen molar-refractivity contribution >= 4 is 0 Å². The van der Waals surface area contributed by atoms with Crippen molar-refractivity contribution in [3.8, 4) is 0 Å². The molecule has 0 aromatic carbocycles. The van der Waals surface area contributed by atoms with Crippen molar-refractivity contribution in [3.63, 3.8) is 0 Å². The summed E-state index contributed by atoms with van der Waals surface area (Å²) in [5.74, 6) is 0.798. The summed E-state index contributed by atoms with van der Waals surface area (Å²) in [5, 5.41) is 0. The fourth-order valence-corrected chi connectivity index (χ4v) is 1.63. The largest absolute Gasteiger partial charge is 0.376 e. The van der Waals surface area contributed by atoms with Crippen LogP contribution >= 0.6 is 0 Å². The molecule has 0 spiro atoms. The van der Waals surface area contributed by atoms with Crippen molar-refractivity contribution in [2.45, 2.75) is 45.3 Å². The molecule has 0 bridgehead atoms. The van der Waals surface area contributed by atoms with E-state index in [2.05, 4.69) is 39.8 Å². The van der Waals surface area contributed by atoms with Gasteiger partial charge in [0, 0.05) is 6.04 Å². The van der Waals surface area contributed by atoms with E-state index < -0.39 is 0 Å². The minimum atomic E-state index is 0.0310. The maximum atomic E-state index is 5.74. The smallest absolute Gasteiger partial charge is 0.0598 e. The van der Waals surface area contributed by atoms with Crippen LogP contribution in [0.4, 0.5) is 0 Å². The van der Waals surface area contributed by atoms with Gasteiger partial charge in [0.2, 0.25) is 0 Å². The average molecular weight is 185 g/mol. The van der Waals surface area contributed by atoms with Gasteiger partial charge >= 0.3 is 0 Å². The average Bonchev–Trinajstić information content (AvgIpc) is 1.79. The van der Waals surface area contributed by atoms with Crippen LogP contribution in [0.3, 0.4) is 0 Å². The van der Waals surface area contributed by atoms with Crippen LogP contribution in [0.1, 0.15) is 33.6 Å². The van der Waals surface area contributed by atoms with Gasteiger partial charge in [0.05, 0.1) is 12.2 Å². The summed E-state index contributed by atoms with van der Waals surface area (Å²) < 4.78 is 5.74. The first-order valence-corrected chi connectivity index (χ1v) is 5.19. The maximum Gasteiger partial charge on any atom is 0.0598 e. The van der Waals surface area contributed by atoms with Crippen LogP contribution in [0, 0.1) is 5.92 Å². The van der Waals surface area contributed by atoms with Crippen molar-refractivity contribution < 1.29 is 4.74 Å². The Hall–Kier alpha value is -0.0800. The fourth-order valence-electron chi connectivity index (χ4n) is 1.63. The lowest BCUT2D eigenvalue weighted by Crippen LogP contribution is -2.42. The second-order valence-electron chi connectivity index (χ2n) is 5.38. The van der Waals surface area contributed by atoms with Gasteiger partial charge < -0.3 is 9.64 Å². The molecule has 2 nitrogen and oxygen atoms in total. The van der Waals surface area contributed by atoms with Crippen LogP contribution in [0.15, 0.2) is 0 Å². The van der Waals surface area contributed by atoms with Crippen molar-refractivity contribution in [1.29, 1.82) is 0 Å². The van der Waals surface area contributed by atoms with E-state index >= 15 is 0 Å². The SMILES string of the molecule is CN(C)C1CC(COC(C)(C)C)C1. The molecule has 1 aliphatic rings. The number of ether oxygens (including phenoxy) is 1. The van der Waals surface area contributed by atoms with E-state index in [-0.39, 0.29) is 5.60 Å². The first-order chi connectivity index (χ1) is 5.88. The lowest BCUT2D eigenvalue weighted by molar-refractivity contribution is -0.0497. The van der Waals surface area contributed by atoms with Gasteiger partial charge in [0.15, 0.2) is 0 Å². The van der Waals surface area contributed by atoms with Crippen molar-refractivity contribution in [2.75, 3.05) is 20.7 Å². The second-order valence-corrected chi connectivity index (χ2v) is 5.38. The van der Waals surface area contributed by atoms with Gasteiger partial charge in [-0.3, -0.25) is 0 Å². The predicted molar refractivity (Wildman–Crippen MR) is 55.9 cm³/mol. The lowest BCUT2D eigenvalue weighted by Gasteiger charge is -2.40. The number of hydrogen-bond donors (Lipinski definition) is 0. The molecule has 0 heterocycles. The summed E-state index contributed by atoms with van der Waals surface area (Å²) in [4.78, 5) is 2.31. The standard InChI is InChI=1S/C11H23NO/c1-11(2,3)13-8-9-6-10(7-9)12(4)5/h9-10H,6-8H2,1-5H3. The van der Waals surface area contributed by atoms with Crippen molar-refractivity contribution in [2.24, 2.45) is 5.92 Å². The monoisotopic (exact) mass is 185 g/mol. The highest BCUT2D eigenvalue weighted by Gasteiger charge is 2.31. The highest BCUT2D eigenvalue weighted by Crippen LogP contribution is 2.31. The molecule has 1 saturated carbocycles. The highest BCUT2D eigenvalue weighted by molar-refractivity contribution is 4.85. The molecule has 0 atom stereocenters. The predicted octanol–water partition coefficient (Wildman–Crippen LogP) is 2.14. The number of rotatable bonds is 3. The first kappa shape index (κ1) is 11.0. The molecule has 13 heavy (non-hydrogen) atoms. The van der Waals surface area contributed by atoms with E-state index in [4.69, 9.17) is 4.74 Å². The quantitative estimate of drug-likeness (QED) is 0.668.